The Bertz CT molecular complexity index is 671. The minimum absolute atomic E-state index is 0.109. The molecule has 2 rings (SSSR count). The van der Waals surface area contributed by atoms with Crippen LogP contribution in [0.2, 0.25) is 0 Å². The number of rotatable bonds is 3. The monoisotopic (exact) mass is 260 g/mol. The average Bonchev–Trinajstić information content (AvgIpc) is 2.38. The Kier molecular flexibility index (Phi) is 3.06. The number of nitro benzene ring substituents is 1. The number of aromatic nitrogens is 2. The van der Waals surface area contributed by atoms with Crippen LogP contribution in [-0.2, 0) is 0 Å². The summed E-state index contributed by atoms with van der Waals surface area (Å²) in [6, 6.07) is 5.67. The van der Waals surface area contributed by atoms with E-state index >= 15 is 0 Å². The van der Waals surface area contributed by atoms with Gasteiger partial charge in [-0.3, -0.25) is 10.1 Å². The summed E-state index contributed by atoms with van der Waals surface area (Å²) in [6.07, 6.45) is 1.07. The lowest BCUT2D eigenvalue weighted by molar-refractivity contribution is -0.384. The van der Waals surface area contributed by atoms with E-state index < -0.39 is 10.9 Å². The predicted octanol–water partition coefficient (Wildman–Crippen LogP) is 1.33. The summed E-state index contributed by atoms with van der Waals surface area (Å²) in [4.78, 5) is 28.5. The highest BCUT2D eigenvalue weighted by atomic mass is 16.6. The van der Waals surface area contributed by atoms with E-state index in [0.29, 0.717) is 5.56 Å². The standard InChI is InChI=1S/C11H8N4O4/c12-9-8(11(16)17)5-13-10(14-9)6-2-1-3-7(4-6)15(18)19/h1-5H,(H,16,17)(H2,12,13,14). The van der Waals surface area contributed by atoms with Crippen LogP contribution < -0.4 is 5.73 Å². The lowest BCUT2D eigenvalue weighted by Gasteiger charge is -2.03. The van der Waals surface area contributed by atoms with E-state index in [9.17, 15) is 14.9 Å². The number of anilines is 1. The van der Waals surface area contributed by atoms with Gasteiger partial charge in [-0.2, -0.15) is 0 Å². The van der Waals surface area contributed by atoms with Crippen LogP contribution in [0.1, 0.15) is 10.4 Å². The van der Waals surface area contributed by atoms with Crippen LogP contribution in [-0.4, -0.2) is 26.0 Å². The number of aromatic carboxylic acids is 1. The molecule has 0 radical (unpaired) electrons. The summed E-state index contributed by atoms with van der Waals surface area (Å²) in [7, 11) is 0. The molecule has 1 aromatic heterocycles. The van der Waals surface area contributed by atoms with E-state index in [1.54, 1.807) is 6.07 Å². The van der Waals surface area contributed by atoms with Crippen molar-refractivity contribution >= 4 is 17.5 Å². The SMILES string of the molecule is Nc1nc(-c2cccc([N+](=O)[O-])c2)ncc1C(=O)O. The number of hydrogen-bond acceptors (Lipinski definition) is 6. The fourth-order valence-electron chi connectivity index (χ4n) is 1.46. The third-order valence-electron chi connectivity index (χ3n) is 2.36. The number of hydrogen-bond donors (Lipinski definition) is 2. The minimum atomic E-state index is -1.23. The summed E-state index contributed by atoms with van der Waals surface area (Å²) >= 11 is 0. The molecular formula is C11H8N4O4. The number of non-ortho nitro benzene ring substituents is 1. The van der Waals surface area contributed by atoms with E-state index in [0.717, 1.165) is 6.20 Å². The number of nitro groups is 1. The zero-order valence-electron chi connectivity index (χ0n) is 9.48. The van der Waals surface area contributed by atoms with Gasteiger partial charge in [0.25, 0.3) is 5.69 Å². The summed E-state index contributed by atoms with van der Waals surface area (Å²) in [5.41, 5.74) is 5.56. The van der Waals surface area contributed by atoms with Crippen LogP contribution in [0.5, 0.6) is 0 Å². The van der Waals surface area contributed by atoms with E-state index in [4.69, 9.17) is 10.8 Å². The maximum atomic E-state index is 10.8. The molecule has 0 bridgehead atoms. The molecule has 2 aromatic rings. The summed E-state index contributed by atoms with van der Waals surface area (Å²) in [5, 5.41) is 19.5. The number of nitrogens with zero attached hydrogens (tertiary/aromatic N) is 3. The van der Waals surface area contributed by atoms with Crippen molar-refractivity contribution in [1.29, 1.82) is 0 Å². The van der Waals surface area contributed by atoms with Crippen LogP contribution in [0, 0.1) is 10.1 Å². The second-order valence-electron chi connectivity index (χ2n) is 3.61. The number of benzene rings is 1. The lowest BCUT2D eigenvalue weighted by Crippen LogP contribution is -2.06. The molecule has 0 saturated heterocycles. The van der Waals surface area contributed by atoms with Crippen molar-refractivity contribution in [3.63, 3.8) is 0 Å². The molecular weight excluding hydrogens is 252 g/mol. The van der Waals surface area contributed by atoms with Crippen LogP contribution in [0.15, 0.2) is 30.5 Å². The van der Waals surface area contributed by atoms with Gasteiger partial charge in [0.15, 0.2) is 5.82 Å². The van der Waals surface area contributed by atoms with Crippen LogP contribution >= 0.6 is 0 Å². The molecule has 0 aliphatic rings. The Hall–Kier alpha value is -3.03. The third kappa shape index (κ3) is 2.46. The van der Waals surface area contributed by atoms with E-state index in [2.05, 4.69) is 9.97 Å². The van der Waals surface area contributed by atoms with Gasteiger partial charge in [-0.25, -0.2) is 14.8 Å². The number of carboxylic acid groups (broad SMARTS) is 1. The molecule has 1 aromatic carbocycles. The molecule has 0 amide bonds. The summed E-state index contributed by atoms with van der Waals surface area (Å²) < 4.78 is 0. The van der Waals surface area contributed by atoms with Crippen molar-refractivity contribution in [1.82, 2.24) is 9.97 Å². The lowest BCUT2D eigenvalue weighted by atomic mass is 10.2. The molecule has 0 saturated carbocycles. The second kappa shape index (κ2) is 4.69. The zero-order valence-corrected chi connectivity index (χ0v) is 9.48. The number of carboxylic acids is 1. The van der Waals surface area contributed by atoms with Gasteiger partial charge >= 0.3 is 5.97 Å². The van der Waals surface area contributed by atoms with E-state index in [1.807, 2.05) is 0 Å². The van der Waals surface area contributed by atoms with Crippen LogP contribution in [0.3, 0.4) is 0 Å². The largest absolute Gasteiger partial charge is 0.477 e. The van der Waals surface area contributed by atoms with Crippen molar-refractivity contribution in [3.05, 3.63) is 46.1 Å². The van der Waals surface area contributed by atoms with Crippen molar-refractivity contribution in [3.8, 4) is 11.4 Å². The van der Waals surface area contributed by atoms with Gasteiger partial charge in [-0.1, -0.05) is 12.1 Å². The normalized spacial score (nSPS) is 10.1. The zero-order chi connectivity index (χ0) is 14.0. The number of carbonyl (C=O) groups is 1. The Balaban J connectivity index is 2.48. The Labute approximate surface area is 106 Å². The van der Waals surface area contributed by atoms with Gasteiger partial charge in [-0.15, -0.1) is 0 Å². The quantitative estimate of drug-likeness (QED) is 0.628. The highest BCUT2D eigenvalue weighted by molar-refractivity contribution is 5.92. The van der Waals surface area contributed by atoms with Gasteiger partial charge in [0.1, 0.15) is 11.4 Å². The first-order valence-electron chi connectivity index (χ1n) is 5.09. The first kappa shape index (κ1) is 12.4. The molecule has 0 unspecified atom stereocenters. The van der Waals surface area contributed by atoms with Crippen molar-refractivity contribution < 1.29 is 14.8 Å². The molecule has 0 fully saturated rings. The van der Waals surface area contributed by atoms with E-state index in [-0.39, 0.29) is 22.9 Å². The first-order chi connectivity index (χ1) is 8.99. The Morgan fingerprint density at radius 1 is 1.42 bits per heavy atom. The van der Waals surface area contributed by atoms with Gasteiger partial charge in [0, 0.05) is 23.9 Å². The van der Waals surface area contributed by atoms with Crippen molar-refractivity contribution in [2.45, 2.75) is 0 Å². The molecule has 0 atom stereocenters. The molecule has 3 N–H and O–H groups in total. The molecule has 0 aliphatic heterocycles. The van der Waals surface area contributed by atoms with Gasteiger partial charge < -0.3 is 10.8 Å². The maximum Gasteiger partial charge on any atom is 0.341 e. The molecule has 8 heteroatoms. The Morgan fingerprint density at radius 2 is 2.16 bits per heavy atom. The Morgan fingerprint density at radius 3 is 2.74 bits per heavy atom. The molecule has 19 heavy (non-hydrogen) atoms. The fraction of sp³-hybridized carbons (Fsp3) is 0. The van der Waals surface area contributed by atoms with Crippen LogP contribution in [0.25, 0.3) is 11.4 Å². The third-order valence-corrected chi connectivity index (χ3v) is 2.36. The molecule has 96 valence electrons. The number of nitrogen functional groups attached to an aromatic ring is 1. The predicted molar refractivity (Wildman–Crippen MR) is 65.5 cm³/mol. The summed E-state index contributed by atoms with van der Waals surface area (Å²) in [6.45, 7) is 0. The smallest absolute Gasteiger partial charge is 0.341 e. The van der Waals surface area contributed by atoms with Gasteiger partial charge in [0.05, 0.1) is 4.92 Å². The number of nitrogens with two attached hydrogens (primary N) is 1. The molecule has 1 heterocycles. The first-order valence-corrected chi connectivity index (χ1v) is 5.09. The van der Waals surface area contributed by atoms with Gasteiger partial charge in [0.2, 0.25) is 0 Å². The maximum absolute atomic E-state index is 10.8. The molecule has 8 nitrogen and oxygen atoms in total. The van der Waals surface area contributed by atoms with E-state index in [1.165, 1.54) is 18.2 Å². The fourth-order valence-corrected chi connectivity index (χ4v) is 1.46. The minimum Gasteiger partial charge on any atom is -0.477 e. The second-order valence-corrected chi connectivity index (χ2v) is 3.61. The van der Waals surface area contributed by atoms with Crippen molar-refractivity contribution in [2.75, 3.05) is 5.73 Å². The molecule has 0 spiro atoms. The van der Waals surface area contributed by atoms with Gasteiger partial charge in [-0.05, 0) is 0 Å². The molecule has 0 aliphatic carbocycles. The topological polar surface area (TPSA) is 132 Å². The highest BCUT2D eigenvalue weighted by Gasteiger charge is 2.13. The highest BCUT2D eigenvalue weighted by Crippen LogP contribution is 2.22. The average molecular weight is 260 g/mol. The van der Waals surface area contributed by atoms with Crippen LogP contribution in [0.4, 0.5) is 11.5 Å². The van der Waals surface area contributed by atoms with Crippen molar-refractivity contribution in [2.24, 2.45) is 0 Å². The summed E-state index contributed by atoms with van der Waals surface area (Å²) in [5.74, 6) is -1.29.